The van der Waals surface area contributed by atoms with Crippen molar-refractivity contribution in [3.8, 4) is 0 Å². The van der Waals surface area contributed by atoms with Gasteiger partial charge in [-0.2, -0.15) is 0 Å². The van der Waals surface area contributed by atoms with Crippen molar-refractivity contribution < 1.29 is 4.79 Å². The summed E-state index contributed by atoms with van der Waals surface area (Å²) in [6.07, 6.45) is 5.06. The zero-order chi connectivity index (χ0) is 8.97. The first kappa shape index (κ1) is 9.13. The predicted molar refractivity (Wildman–Crippen MR) is 51.3 cm³/mol. The van der Waals surface area contributed by atoms with Crippen molar-refractivity contribution in [3.05, 3.63) is 21.7 Å². The molecule has 0 amide bonds. The van der Waals surface area contributed by atoms with Crippen LogP contribution >= 0.6 is 11.3 Å². The fourth-order valence-corrected chi connectivity index (χ4v) is 1.65. The van der Waals surface area contributed by atoms with Crippen molar-refractivity contribution in [1.82, 2.24) is 4.98 Å². The van der Waals surface area contributed by atoms with Gasteiger partial charge in [0.2, 0.25) is 0 Å². The minimum atomic E-state index is 0.470. The average molecular weight is 181 g/mol. The number of thiazole rings is 1. The average Bonchev–Trinajstić information content (AvgIpc) is 2.32. The smallest absolute Gasteiger partial charge is 0.123 e. The molecule has 0 atom stereocenters. The lowest BCUT2D eigenvalue weighted by atomic mass is 10.4. The maximum Gasteiger partial charge on any atom is 0.123 e. The number of aryl methyl sites for hydroxylation is 2. The van der Waals surface area contributed by atoms with Crippen molar-refractivity contribution in [1.29, 1.82) is 0 Å². The number of aromatic nitrogens is 1. The standard InChI is InChI=1S/C9H11NOS/c1-7-8(2)12-9(10-7)5-3-4-6-11/h3,5-6H,4H2,1-2H3. The van der Waals surface area contributed by atoms with Gasteiger partial charge in [0.1, 0.15) is 11.3 Å². The largest absolute Gasteiger partial charge is 0.303 e. The normalized spacial score (nSPS) is 10.8. The van der Waals surface area contributed by atoms with Crippen molar-refractivity contribution in [3.63, 3.8) is 0 Å². The molecule has 0 bridgehead atoms. The molecule has 0 aromatic carbocycles. The first-order valence-electron chi connectivity index (χ1n) is 3.78. The van der Waals surface area contributed by atoms with Crippen molar-refractivity contribution in [2.24, 2.45) is 0 Å². The molecule has 0 saturated carbocycles. The van der Waals surface area contributed by atoms with Crippen LogP contribution < -0.4 is 0 Å². The minimum Gasteiger partial charge on any atom is -0.303 e. The molecule has 1 aromatic heterocycles. The Balaban J connectivity index is 2.69. The van der Waals surface area contributed by atoms with Crippen molar-refractivity contribution in [2.75, 3.05) is 0 Å². The molecule has 0 saturated heterocycles. The first-order chi connectivity index (χ1) is 5.74. The van der Waals surface area contributed by atoms with E-state index < -0.39 is 0 Å². The van der Waals surface area contributed by atoms with E-state index in [1.54, 1.807) is 11.3 Å². The molecule has 12 heavy (non-hydrogen) atoms. The van der Waals surface area contributed by atoms with Crippen LogP contribution in [0.25, 0.3) is 6.08 Å². The van der Waals surface area contributed by atoms with Crippen LogP contribution in [0.1, 0.15) is 22.0 Å². The Kier molecular flexibility index (Phi) is 3.17. The van der Waals surface area contributed by atoms with Crippen LogP contribution in [0.5, 0.6) is 0 Å². The van der Waals surface area contributed by atoms with E-state index in [0.717, 1.165) is 17.0 Å². The van der Waals surface area contributed by atoms with Crippen LogP contribution in [0.15, 0.2) is 6.08 Å². The van der Waals surface area contributed by atoms with Gasteiger partial charge in [-0.1, -0.05) is 6.08 Å². The molecule has 64 valence electrons. The highest BCUT2D eigenvalue weighted by molar-refractivity contribution is 7.12. The van der Waals surface area contributed by atoms with Crippen LogP contribution in [0, 0.1) is 13.8 Å². The Hall–Kier alpha value is -0.960. The van der Waals surface area contributed by atoms with E-state index in [1.165, 1.54) is 4.88 Å². The van der Waals surface area contributed by atoms with Crippen molar-refractivity contribution in [2.45, 2.75) is 20.3 Å². The maximum atomic E-state index is 10.00. The molecule has 0 unspecified atom stereocenters. The molecular formula is C9H11NOS. The van der Waals surface area contributed by atoms with Gasteiger partial charge < -0.3 is 4.79 Å². The molecule has 2 nitrogen and oxygen atoms in total. The van der Waals surface area contributed by atoms with E-state index >= 15 is 0 Å². The van der Waals surface area contributed by atoms with Gasteiger partial charge in [0, 0.05) is 11.3 Å². The summed E-state index contributed by atoms with van der Waals surface area (Å²) in [7, 11) is 0. The lowest BCUT2D eigenvalue weighted by Gasteiger charge is -1.79. The molecule has 0 fully saturated rings. The van der Waals surface area contributed by atoms with E-state index in [2.05, 4.69) is 4.98 Å². The molecule has 1 heterocycles. The lowest BCUT2D eigenvalue weighted by Crippen LogP contribution is -1.73. The van der Waals surface area contributed by atoms with E-state index in [-0.39, 0.29) is 0 Å². The summed E-state index contributed by atoms with van der Waals surface area (Å²) in [5.74, 6) is 0. The number of nitrogens with zero attached hydrogens (tertiary/aromatic N) is 1. The van der Waals surface area contributed by atoms with Crippen LogP contribution in [-0.2, 0) is 4.79 Å². The van der Waals surface area contributed by atoms with Crippen LogP contribution in [0.4, 0.5) is 0 Å². The molecule has 3 heteroatoms. The second-order valence-corrected chi connectivity index (χ2v) is 3.73. The van der Waals surface area contributed by atoms with Crippen molar-refractivity contribution >= 4 is 23.7 Å². The fourth-order valence-electron chi connectivity index (χ4n) is 0.793. The maximum absolute atomic E-state index is 10.00. The quantitative estimate of drug-likeness (QED) is 0.670. The summed E-state index contributed by atoms with van der Waals surface area (Å²) in [6.45, 7) is 4.03. The Labute approximate surface area is 76.0 Å². The Morgan fingerprint density at radius 3 is 2.75 bits per heavy atom. The molecule has 0 aliphatic carbocycles. The van der Waals surface area contributed by atoms with Gasteiger partial charge >= 0.3 is 0 Å². The summed E-state index contributed by atoms with van der Waals surface area (Å²) < 4.78 is 0. The third-order valence-corrected chi connectivity index (χ3v) is 2.58. The molecule has 0 spiro atoms. The van der Waals surface area contributed by atoms with E-state index in [0.29, 0.717) is 6.42 Å². The van der Waals surface area contributed by atoms with Gasteiger partial charge in [-0.3, -0.25) is 0 Å². The third kappa shape index (κ3) is 2.27. The lowest BCUT2D eigenvalue weighted by molar-refractivity contribution is -0.107. The number of carbonyl (C=O) groups is 1. The SMILES string of the molecule is Cc1nc(C=CCC=O)sc1C. The number of hydrogen-bond acceptors (Lipinski definition) is 3. The predicted octanol–water partition coefficient (Wildman–Crippen LogP) is 2.36. The molecular weight excluding hydrogens is 170 g/mol. The van der Waals surface area contributed by atoms with Crippen LogP contribution in [0.2, 0.25) is 0 Å². The minimum absolute atomic E-state index is 0.470. The monoisotopic (exact) mass is 181 g/mol. The highest BCUT2D eigenvalue weighted by atomic mass is 32.1. The zero-order valence-corrected chi connectivity index (χ0v) is 8.02. The van der Waals surface area contributed by atoms with Gasteiger partial charge in [0.15, 0.2) is 0 Å². The molecule has 1 aromatic rings. The Morgan fingerprint density at radius 1 is 1.50 bits per heavy atom. The summed E-state index contributed by atoms with van der Waals surface area (Å²) in [5, 5.41) is 0.979. The van der Waals surface area contributed by atoms with Crippen LogP contribution in [0.3, 0.4) is 0 Å². The number of rotatable bonds is 3. The number of allylic oxidation sites excluding steroid dienone is 1. The summed E-state index contributed by atoms with van der Waals surface area (Å²) >= 11 is 1.65. The number of aldehydes is 1. The summed E-state index contributed by atoms with van der Waals surface area (Å²) in [5.41, 5.74) is 1.07. The first-order valence-corrected chi connectivity index (χ1v) is 4.60. The molecule has 0 radical (unpaired) electrons. The van der Waals surface area contributed by atoms with Gasteiger partial charge in [-0.25, -0.2) is 4.98 Å². The second-order valence-electron chi connectivity index (χ2n) is 2.50. The zero-order valence-electron chi connectivity index (χ0n) is 7.20. The highest BCUT2D eigenvalue weighted by Gasteiger charge is 1.98. The van der Waals surface area contributed by atoms with Crippen LogP contribution in [-0.4, -0.2) is 11.3 Å². The summed E-state index contributed by atoms with van der Waals surface area (Å²) in [6, 6.07) is 0. The fraction of sp³-hybridized carbons (Fsp3) is 0.333. The number of carbonyl (C=O) groups excluding carboxylic acids is 1. The molecule has 0 N–H and O–H groups in total. The Morgan fingerprint density at radius 2 is 2.25 bits per heavy atom. The van der Waals surface area contributed by atoms with Gasteiger partial charge in [0.25, 0.3) is 0 Å². The molecule has 1 rings (SSSR count). The molecule has 0 aliphatic heterocycles. The molecule has 0 aliphatic rings. The summed E-state index contributed by atoms with van der Waals surface area (Å²) in [4.78, 5) is 15.5. The van der Waals surface area contributed by atoms with E-state index in [9.17, 15) is 4.79 Å². The Bertz CT molecular complexity index is 282. The van der Waals surface area contributed by atoms with Gasteiger partial charge in [0.05, 0.1) is 5.69 Å². The second kappa shape index (κ2) is 4.16. The third-order valence-electron chi connectivity index (χ3n) is 1.54. The topological polar surface area (TPSA) is 30.0 Å². The van der Waals surface area contributed by atoms with E-state index in [4.69, 9.17) is 0 Å². The van der Waals surface area contributed by atoms with Gasteiger partial charge in [-0.15, -0.1) is 11.3 Å². The number of hydrogen-bond donors (Lipinski definition) is 0. The highest BCUT2D eigenvalue weighted by Crippen LogP contribution is 2.17. The van der Waals surface area contributed by atoms with E-state index in [1.807, 2.05) is 26.0 Å². The van der Waals surface area contributed by atoms with Gasteiger partial charge in [-0.05, 0) is 19.9 Å².